The lowest BCUT2D eigenvalue weighted by Crippen LogP contribution is -2.38. The Bertz CT molecular complexity index is 692. The molecule has 0 spiro atoms. The maximum Gasteiger partial charge on any atom is 0.295 e. The first kappa shape index (κ1) is 14.2. The van der Waals surface area contributed by atoms with Gasteiger partial charge in [0.25, 0.3) is 11.7 Å². The molecule has 0 aliphatic carbocycles. The lowest BCUT2D eigenvalue weighted by Gasteiger charge is -2.20. The molecule has 0 saturated carbocycles. The maximum atomic E-state index is 13.3. The molecule has 0 unspecified atom stereocenters. The summed E-state index contributed by atoms with van der Waals surface area (Å²) in [4.78, 5) is 28.1. The highest BCUT2D eigenvalue weighted by atomic mass is 19.2. The monoisotopic (exact) mass is 280 g/mol. The first-order valence-corrected chi connectivity index (χ1v) is 6.10. The van der Waals surface area contributed by atoms with Crippen molar-refractivity contribution in [1.82, 2.24) is 9.88 Å². The van der Waals surface area contributed by atoms with Gasteiger partial charge < -0.3 is 9.88 Å². The second-order valence-electron chi connectivity index (χ2n) is 4.85. The van der Waals surface area contributed by atoms with Crippen LogP contribution in [0.25, 0.3) is 10.9 Å². The summed E-state index contributed by atoms with van der Waals surface area (Å²) < 4.78 is 26.4. The largest absolute Gasteiger partial charge is 0.360 e. The van der Waals surface area contributed by atoms with Gasteiger partial charge in [0, 0.05) is 36.3 Å². The van der Waals surface area contributed by atoms with Crippen LogP contribution in [0.3, 0.4) is 0 Å². The lowest BCUT2D eigenvalue weighted by atomic mass is 10.1. The Labute approximate surface area is 114 Å². The SMILES string of the molecule is CC(C)N(C)C(=O)C(=O)c1c[nH]c2cc(F)c(F)cc12. The van der Waals surface area contributed by atoms with Crippen molar-refractivity contribution in [2.75, 3.05) is 7.05 Å². The number of fused-ring (bicyclic) bond motifs is 1. The van der Waals surface area contributed by atoms with Crippen molar-refractivity contribution < 1.29 is 18.4 Å². The van der Waals surface area contributed by atoms with E-state index >= 15 is 0 Å². The predicted molar refractivity (Wildman–Crippen MR) is 70.5 cm³/mol. The van der Waals surface area contributed by atoms with Gasteiger partial charge in [-0.25, -0.2) is 8.78 Å². The summed E-state index contributed by atoms with van der Waals surface area (Å²) in [5.41, 5.74) is 0.309. The predicted octanol–water partition coefficient (Wildman–Crippen LogP) is 2.50. The van der Waals surface area contributed by atoms with Crippen molar-refractivity contribution in [3.05, 3.63) is 35.5 Å². The number of carbonyl (C=O) groups excluding carboxylic acids is 2. The van der Waals surface area contributed by atoms with Gasteiger partial charge in [0.2, 0.25) is 0 Å². The first-order valence-electron chi connectivity index (χ1n) is 6.10. The van der Waals surface area contributed by atoms with Crippen molar-refractivity contribution in [3.63, 3.8) is 0 Å². The molecule has 0 fully saturated rings. The topological polar surface area (TPSA) is 53.2 Å². The summed E-state index contributed by atoms with van der Waals surface area (Å²) in [6.45, 7) is 3.55. The number of aromatic nitrogens is 1. The number of carbonyl (C=O) groups is 2. The number of ketones is 1. The van der Waals surface area contributed by atoms with Crippen LogP contribution in [-0.2, 0) is 4.79 Å². The first-order chi connectivity index (χ1) is 9.32. The number of nitrogens with one attached hydrogen (secondary N) is 1. The molecule has 2 aromatic rings. The number of nitrogens with zero attached hydrogens (tertiary/aromatic N) is 1. The Morgan fingerprint density at radius 1 is 1.20 bits per heavy atom. The zero-order valence-electron chi connectivity index (χ0n) is 11.3. The van der Waals surface area contributed by atoms with Crippen LogP contribution < -0.4 is 0 Å². The Balaban J connectivity index is 2.46. The van der Waals surface area contributed by atoms with Crippen LogP contribution in [0.2, 0.25) is 0 Å². The molecule has 106 valence electrons. The zero-order valence-corrected chi connectivity index (χ0v) is 11.3. The summed E-state index contributed by atoms with van der Waals surface area (Å²) in [5.74, 6) is -3.51. The molecule has 0 aliphatic heterocycles. The fourth-order valence-corrected chi connectivity index (χ4v) is 1.81. The third-order valence-corrected chi connectivity index (χ3v) is 3.26. The smallest absolute Gasteiger partial charge is 0.295 e. The average molecular weight is 280 g/mol. The molecule has 1 aromatic heterocycles. The van der Waals surface area contributed by atoms with Gasteiger partial charge in [-0.3, -0.25) is 9.59 Å². The standard InChI is InChI=1S/C14H14F2N2O2/c1-7(2)18(3)14(20)13(19)9-6-17-12-5-11(16)10(15)4-8(9)12/h4-7,17H,1-3H3. The van der Waals surface area contributed by atoms with Crippen LogP contribution in [-0.4, -0.2) is 34.7 Å². The minimum Gasteiger partial charge on any atom is -0.360 e. The second kappa shape index (κ2) is 5.03. The van der Waals surface area contributed by atoms with E-state index in [0.29, 0.717) is 0 Å². The minimum absolute atomic E-state index is 0.0383. The van der Waals surface area contributed by atoms with Gasteiger partial charge in [0.1, 0.15) is 0 Å². The Morgan fingerprint density at radius 2 is 1.80 bits per heavy atom. The van der Waals surface area contributed by atoms with Crippen LogP contribution in [0.4, 0.5) is 8.78 Å². The van der Waals surface area contributed by atoms with E-state index in [1.165, 1.54) is 18.1 Å². The molecule has 1 aromatic carbocycles. The van der Waals surface area contributed by atoms with Crippen LogP contribution in [0.15, 0.2) is 18.3 Å². The summed E-state index contributed by atoms with van der Waals surface area (Å²) >= 11 is 0. The lowest BCUT2D eigenvalue weighted by molar-refractivity contribution is -0.126. The number of H-pyrrole nitrogens is 1. The Hall–Kier alpha value is -2.24. The number of hydrogen-bond acceptors (Lipinski definition) is 2. The maximum absolute atomic E-state index is 13.3. The minimum atomic E-state index is -1.06. The molecule has 20 heavy (non-hydrogen) atoms. The van der Waals surface area contributed by atoms with Gasteiger partial charge in [0.05, 0.1) is 5.56 Å². The molecule has 1 heterocycles. The number of amides is 1. The molecule has 2 rings (SSSR count). The molecule has 0 bridgehead atoms. The molecule has 0 aliphatic rings. The molecule has 1 amide bonds. The summed E-state index contributed by atoms with van der Waals surface area (Å²) in [6, 6.07) is 1.74. The van der Waals surface area contributed by atoms with E-state index in [2.05, 4.69) is 4.98 Å². The molecule has 0 radical (unpaired) electrons. The van der Waals surface area contributed by atoms with Crippen molar-refractivity contribution in [1.29, 1.82) is 0 Å². The van der Waals surface area contributed by atoms with Crippen molar-refractivity contribution >= 4 is 22.6 Å². The number of likely N-dealkylation sites (N-methyl/N-ethyl adjacent to an activating group) is 1. The van der Waals surface area contributed by atoms with E-state index in [9.17, 15) is 18.4 Å². The van der Waals surface area contributed by atoms with E-state index in [1.807, 2.05) is 0 Å². The van der Waals surface area contributed by atoms with Gasteiger partial charge in [-0.15, -0.1) is 0 Å². The second-order valence-corrected chi connectivity index (χ2v) is 4.85. The molecule has 4 nitrogen and oxygen atoms in total. The van der Waals surface area contributed by atoms with Crippen molar-refractivity contribution in [3.8, 4) is 0 Å². The molecule has 1 N–H and O–H groups in total. The summed E-state index contributed by atoms with van der Waals surface area (Å²) in [6.07, 6.45) is 1.29. The van der Waals surface area contributed by atoms with Gasteiger partial charge in [-0.05, 0) is 19.9 Å². The zero-order chi connectivity index (χ0) is 15.0. The average Bonchev–Trinajstić information content (AvgIpc) is 2.79. The molecule has 0 saturated heterocycles. The fourth-order valence-electron chi connectivity index (χ4n) is 1.81. The van der Waals surface area contributed by atoms with E-state index in [-0.39, 0.29) is 22.5 Å². The summed E-state index contributed by atoms with van der Waals surface area (Å²) in [5, 5.41) is 0.194. The Kier molecular flexibility index (Phi) is 3.57. The number of rotatable bonds is 3. The van der Waals surface area contributed by atoms with Gasteiger partial charge >= 0.3 is 0 Å². The number of aromatic amines is 1. The van der Waals surface area contributed by atoms with E-state index in [0.717, 1.165) is 12.1 Å². The highest BCUT2D eigenvalue weighted by molar-refractivity contribution is 6.44. The molecule has 6 heteroatoms. The molecular formula is C14H14F2N2O2. The van der Waals surface area contributed by atoms with Gasteiger partial charge in [0.15, 0.2) is 11.6 Å². The van der Waals surface area contributed by atoms with Crippen LogP contribution in [0.1, 0.15) is 24.2 Å². The van der Waals surface area contributed by atoms with E-state index in [1.54, 1.807) is 13.8 Å². The Morgan fingerprint density at radius 3 is 2.40 bits per heavy atom. The number of benzene rings is 1. The van der Waals surface area contributed by atoms with Gasteiger partial charge in [-0.2, -0.15) is 0 Å². The highest BCUT2D eigenvalue weighted by Crippen LogP contribution is 2.22. The molecule has 0 atom stereocenters. The highest BCUT2D eigenvalue weighted by Gasteiger charge is 2.25. The number of halogens is 2. The molecular weight excluding hydrogens is 266 g/mol. The van der Waals surface area contributed by atoms with E-state index < -0.39 is 23.3 Å². The van der Waals surface area contributed by atoms with E-state index in [4.69, 9.17) is 0 Å². The normalized spacial score (nSPS) is 11.1. The van der Waals surface area contributed by atoms with Crippen LogP contribution in [0, 0.1) is 11.6 Å². The van der Waals surface area contributed by atoms with Crippen molar-refractivity contribution in [2.24, 2.45) is 0 Å². The van der Waals surface area contributed by atoms with Crippen molar-refractivity contribution in [2.45, 2.75) is 19.9 Å². The fraction of sp³-hybridized carbons (Fsp3) is 0.286. The quantitative estimate of drug-likeness (QED) is 0.693. The number of Topliss-reactive ketones (excluding diaryl/α,β-unsaturated/α-hetero) is 1. The van der Waals surface area contributed by atoms with Crippen LogP contribution in [0.5, 0.6) is 0 Å². The summed E-state index contributed by atoms with van der Waals surface area (Å²) in [7, 11) is 1.51. The third kappa shape index (κ3) is 2.29. The number of hydrogen-bond donors (Lipinski definition) is 1. The third-order valence-electron chi connectivity index (χ3n) is 3.26. The van der Waals surface area contributed by atoms with Gasteiger partial charge in [-0.1, -0.05) is 0 Å². The van der Waals surface area contributed by atoms with Crippen LogP contribution >= 0.6 is 0 Å².